The summed E-state index contributed by atoms with van der Waals surface area (Å²) in [6.07, 6.45) is -3.06. The molecule has 0 aromatic carbocycles. The molecule has 4 amide bonds. The average Bonchev–Trinajstić information content (AvgIpc) is 2.78. The van der Waals surface area contributed by atoms with Gasteiger partial charge < -0.3 is 35.5 Å². The molecule has 36 heavy (non-hydrogen) atoms. The normalized spacial score (nSPS) is 11.9. The summed E-state index contributed by atoms with van der Waals surface area (Å²) in [5.74, 6) is -5.47. The second-order valence-electron chi connectivity index (χ2n) is 7.69. The van der Waals surface area contributed by atoms with Gasteiger partial charge in [-0.25, -0.2) is 9.59 Å². The third kappa shape index (κ3) is 15.0. The number of carbonyl (C=O) groups excluding carboxylic acids is 5. The zero-order valence-electron chi connectivity index (χ0n) is 19.8. The second-order valence-corrected chi connectivity index (χ2v) is 7.69. The molecule has 0 saturated heterocycles. The Morgan fingerprint density at radius 1 is 0.806 bits per heavy atom. The zero-order chi connectivity index (χ0) is 27.7. The standard InChI is InChI=1S/C21H31N3O12/c1-13(26)5-7-16(27)24(17(28)8-10-19(31)32)11-3-2-4-14(20(33)34)22-21(35)23-15(36-12-25)6-9-18(29)30/h12,14-15H,2-11H2,1H3,(H,29,30)(H,31,32)(H,33,34)(H2,22,23,35)/t14-,15+/m0/s1. The highest BCUT2D eigenvalue weighted by Crippen LogP contribution is 2.09. The van der Waals surface area contributed by atoms with Gasteiger partial charge in [0.05, 0.1) is 12.8 Å². The minimum Gasteiger partial charge on any atom is -0.481 e. The lowest BCUT2D eigenvalue weighted by atomic mass is 10.1. The molecule has 0 aliphatic carbocycles. The van der Waals surface area contributed by atoms with Crippen molar-refractivity contribution < 1.29 is 58.4 Å². The van der Waals surface area contributed by atoms with Gasteiger partial charge in [0, 0.05) is 32.2 Å². The number of nitrogens with zero attached hydrogens (tertiary/aromatic N) is 1. The Bertz CT molecular complexity index is 799. The quantitative estimate of drug-likeness (QED) is 0.0855. The van der Waals surface area contributed by atoms with Crippen LogP contribution in [0, 0.1) is 0 Å². The van der Waals surface area contributed by atoms with Gasteiger partial charge in [0.25, 0.3) is 6.47 Å². The van der Waals surface area contributed by atoms with Gasteiger partial charge in [0.2, 0.25) is 11.8 Å². The number of hydrogen-bond donors (Lipinski definition) is 5. The molecule has 0 spiro atoms. The van der Waals surface area contributed by atoms with Crippen LogP contribution in [-0.4, -0.2) is 87.0 Å². The summed E-state index contributed by atoms with van der Waals surface area (Å²) in [5.41, 5.74) is 0. The summed E-state index contributed by atoms with van der Waals surface area (Å²) in [6, 6.07) is -2.42. The highest BCUT2D eigenvalue weighted by atomic mass is 16.5. The van der Waals surface area contributed by atoms with Crippen molar-refractivity contribution in [3.8, 4) is 0 Å². The molecule has 0 fully saturated rings. The molecule has 15 nitrogen and oxygen atoms in total. The highest BCUT2D eigenvalue weighted by molar-refractivity contribution is 5.97. The number of carboxylic acids is 3. The Labute approximate surface area is 206 Å². The third-order valence-electron chi connectivity index (χ3n) is 4.71. The van der Waals surface area contributed by atoms with E-state index in [0.29, 0.717) is 0 Å². The van der Waals surface area contributed by atoms with Gasteiger partial charge in [-0.3, -0.25) is 28.9 Å². The van der Waals surface area contributed by atoms with E-state index in [1.807, 2.05) is 0 Å². The first-order chi connectivity index (χ1) is 16.9. The first kappa shape index (κ1) is 32.0. The molecule has 0 saturated carbocycles. The molecular weight excluding hydrogens is 486 g/mol. The van der Waals surface area contributed by atoms with Crippen molar-refractivity contribution >= 4 is 48.0 Å². The van der Waals surface area contributed by atoms with Crippen LogP contribution in [0.15, 0.2) is 0 Å². The van der Waals surface area contributed by atoms with Crippen molar-refractivity contribution in [1.82, 2.24) is 15.5 Å². The summed E-state index contributed by atoms with van der Waals surface area (Å²) in [7, 11) is 0. The van der Waals surface area contributed by atoms with Crippen LogP contribution in [-0.2, 0) is 38.3 Å². The first-order valence-corrected chi connectivity index (χ1v) is 11.0. The van der Waals surface area contributed by atoms with Gasteiger partial charge in [-0.05, 0) is 26.2 Å². The zero-order valence-corrected chi connectivity index (χ0v) is 19.8. The fourth-order valence-corrected chi connectivity index (χ4v) is 2.87. The van der Waals surface area contributed by atoms with Crippen LogP contribution in [0.1, 0.15) is 64.7 Å². The molecular formula is C21H31N3O12. The van der Waals surface area contributed by atoms with Crippen molar-refractivity contribution in [3.05, 3.63) is 0 Å². The van der Waals surface area contributed by atoms with Crippen molar-refractivity contribution in [1.29, 1.82) is 0 Å². The van der Waals surface area contributed by atoms with Crippen LogP contribution in [0.5, 0.6) is 0 Å². The Morgan fingerprint density at radius 3 is 1.89 bits per heavy atom. The van der Waals surface area contributed by atoms with E-state index in [9.17, 15) is 43.5 Å². The monoisotopic (exact) mass is 517 g/mol. The lowest BCUT2D eigenvalue weighted by molar-refractivity contribution is -0.148. The number of carboxylic acid groups (broad SMARTS) is 3. The molecule has 0 aromatic heterocycles. The third-order valence-corrected chi connectivity index (χ3v) is 4.71. The van der Waals surface area contributed by atoms with E-state index >= 15 is 0 Å². The molecule has 0 bridgehead atoms. The summed E-state index contributed by atoms with van der Waals surface area (Å²) in [6.45, 7) is 1.14. The number of nitrogens with one attached hydrogen (secondary N) is 2. The van der Waals surface area contributed by atoms with Gasteiger partial charge in [-0.15, -0.1) is 0 Å². The summed E-state index contributed by atoms with van der Waals surface area (Å²) < 4.78 is 4.55. The second kappa shape index (κ2) is 17.4. The molecule has 0 aromatic rings. The van der Waals surface area contributed by atoms with Crippen LogP contribution >= 0.6 is 0 Å². The van der Waals surface area contributed by atoms with Crippen LogP contribution in [0.25, 0.3) is 0 Å². The minimum absolute atomic E-state index is 0.00267. The number of Topliss-reactive ketones (excluding diaryl/α,β-unsaturated/α-hetero) is 1. The number of ether oxygens (including phenoxy) is 1. The minimum atomic E-state index is -1.40. The topological polar surface area (TPSA) is 234 Å². The maximum atomic E-state index is 12.3. The molecule has 202 valence electrons. The maximum absolute atomic E-state index is 12.3. The molecule has 0 heterocycles. The summed E-state index contributed by atoms with van der Waals surface area (Å²) in [4.78, 5) is 92.0. The SMILES string of the molecule is CC(=O)CCC(=O)N(CCCC[C@H](NC(=O)N[C@@H](CCC(=O)O)OC=O)C(=O)O)C(=O)CCC(=O)O. The highest BCUT2D eigenvalue weighted by Gasteiger charge is 2.24. The van der Waals surface area contributed by atoms with Gasteiger partial charge in [-0.2, -0.15) is 0 Å². The fourth-order valence-electron chi connectivity index (χ4n) is 2.87. The van der Waals surface area contributed by atoms with Gasteiger partial charge in [0.1, 0.15) is 11.8 Å². The number of imide groups is 1. The van der Waals surface area contributed by atoms with E-state index in [2.05, 4.69) is 15.4 Å². The van der Waals surface area contributed by atoms with E-state index < -0.39 is 67.3 Å². The molecule has 5 N–H and O–H groups in total. The molecule has 0 rings (SSSR count). The number of hydrogen-bond acceptors (Lipinski definition) is 9. The molecule has 0 aliphatic heterocycles. The van der Waals surface area contributed by atoms with Crippen molar-refractivity contribution in [3.63, 3.8) is 0 Å². The largest absolute Gasteiger partial charge is 0.481 e. The van der Waals surface area contributed by atoms with Crippen LogP contribution in [0.2, 0.25) is 0 Å². The number of urea groups is 1. The summed E-state index contributed by atoms with van der Waals surface area (Å²) in [5, 5.41) is 31.1. The molecule has 0 aliphatic rings. The van der Waals surface area contributed by atoms with E-state index in [1.165, 1.54) is 6.92 Å². The Balaban J connectivity index is 4.92. The number of aliphatic carboxylic acids is 3. The van der Waals surface area contributed by atoms with Gasteiger partial charge >= 0.3 is 23.9 Å². The Morgan fingerprint density at radius 2 is 1.39 bits per heavy atom. The predicted octanol–water partition coefficient (Wildman–Crippen LogP) is -0.138. The lowest BCUT2D eigenvalue weighted by Crippen LogP contribution is -2.49. The number of unbranched alkanes of at least 4 members (excludes halogenated alkanes) is 1. The van der Waals surface area contributed by atoms with Crippen LogP contribution < -0.4 is 10.6 Å². The Hall–Kier alpha value is -4.04. The van der Waals surface area contributed by atoms with Crippen molar-refractivity contribution in [2.75, 3.05) is 6.54 Å². The average molecular weight is 517 g/mol. The van der Waals surface area contributed by atoms with Crippen molar-refractivity contribution in [2.24, 2.45) is 0 Å². The van der Waals surface area contributed by atoms with Crippen LogP contribution in [0.3, 0.4) is 0 Å². The first-order valence-electron chi connectivity index (χ1n) is 11.0. The van der Waals surface area contributed by atoms with Crippen molar-refractivity contribution in [2.45, 2.75) is 77.0 Å². The smallest absolute Gasteiger partial charge is 0.326 e. The van der Waals surface area contributed by atoms with Gasteiger partial charge in [0.15, 0.2) is 6.23 Å². The Kier molecular flexibility index (Phi) is 15.5. The van der Waals surface area contributed by atoms with Crippen LogP contribution in [0.4, 0.5) is 4.79 Å². The fraction of sp³-hybridized carbons (Fsp3) is 0.619. The van der Waals surface area contributed by atoms with Gasteiger partial charge in [-0.1, -0.05) is 0 Å². The maximum Gasteiger partial charge on any atom is 0.326 e. The molecule has 0 radical (unpaired) electrons. The van der Waals surface area contributed by atoms with E-state index in [4.69, 9.17) is 10.2 Å². The number of ketones is 1. The van der Waals surface area contributed by atoms with E-state index in [0.717, 1.165) is 4.90 Å². The predicted molar refractivity (Wildman–Crippen MR) is 118 cm³/mol. The molecule has 15 heteroatoms. The molecule has 0 unspecified atom stereocenters. The number of carbonyl (C=O) groups is 8. The van der Waals surface area contributed by atoms with E-state index in [-0.39, 0.29) is 57.3 Å². The summed E-state index contributed by atoms with van der Waals surface area (Å²) >= 11 is 0. The lowest BCUT2D eigenvalue weighted by Gasteiger charge is -2.22. The number of amides is 4. The number of rotatable bonds is 19. The van der Waals surface area contributed by atoms with E-state index in [1.54, 1.807) is 0 Å². The molecule has 2 atom stereocenters.